The first-order chi connectivity index (χ1) is 11.6. The summed E-state index contributed by atoms with van der Waals surface area (Å²) in [4.78, 5) is 14.2. The monoisotopic (exact) mass is 327 g/mol. The van der Waals surface area contributed by atoms with Crippen LogP contribution >= 0.6 is 0 Å². The third kappa shape index (κ3) is 2.45. The molecule has 0 aliphatic carbocycles. The maximum absolute atomic E-state index is 13.3. The van der Waals surface area contributed by atoms with Crippen LogP contribution < -0.4 is 0 Å². The van der Waals surface area contributed by atoms with Crippen molar-refractivity contribution in [1.82, 2.24) is 24.8 Å². The lowest BCUT2D eigenvalue weighted by atomic mass is 10.1. The van der Waals surface area contributed by atoms with E-state index in [1.54, 1.807) is 17.0 Å². The Balaban J connectivity index is 1.56. The van der Waals surface area contributed by atoms with Gasteiger partial charge in [0.2, 0.25) is 5.76 Å². The van der Waals surface area contributed by atoms with E-state index in [0.717, 1.165) is 11.6 Å². The van der Waals surface area contributed by atoms with E-state index < -0.39 is 0 Å². The first-order valence-corrected chi connectivity index (χ1v) is 7.52. The van der Waals surface area contributed by atoms with Gasteiger partial charge in [-0.15, -0.1) is 10.2 Å². The second kappa shape index (κ2) is 5.55. The maximum Gasteiger partial charge on any atom is 0.292 e. The summed E-state index contributed by atoms with van der Waals surface area (Å²) in [6.07, 6.45) is 0. The molecule has 0 atom stereocenters. The van der Waals surface area contributed by atoms with Crippen LogP contribution in [0.4, 0.5) is 4.39 Å². The number of rotatable bonds is 2. The SMILES string of the molecule is Cc1nnc2n1CCN(C(=O)c1cc(-c3cccc(F)c3)no1)C2. The third-order valence-corrected chi connectivity index (χ3v) is 4.07. The molecule has 122 valence electrons. The second-order valence-electron chi connectivity index (χ2n) is 5.63. The Hall–Kier alpha value is -3.03. The molecule has 0 saturated heterocycles. The molecule has 3 aromatic rings. The Morgan fingerprint density at radius 3 is 2.96 bits per heavy atom. The minimum Gasteiger partial charge on any atom is -0.350 e. The first-order valence-electron chi connectivity index (χ1n) is 7.52. The summed E-state index contributed by atoms with van der Waals surface area (Å²) < 4.78 is 20.5. The Morgan fingerprint density at radius 2 is 2.12 bits per heavy atom. The van der Waals surface area contributed by atoms with Crippen molar-refractivity contribution in [2.45, 2.75) is 20.0 Å². The molecule has 0 bridgehead atoms. The minimum absolute atomic E-state index is 0.124. The Morgan fingerprint density at radius 1 is 1.25 bits per heavy atom. The lowest BCUT2D eigenvalue weighted by Crippen LogP contribution is -2.38. The van der Waals surface area contributed by atoms with Gasteiger partial charge in [0.1, 0.15) is 17.3 Å². The van der Waals surface area contributed by atoms with E-state index in [1.807, 2.05) is 11.5 Å². The number of aryl methyl sites for hydroxylation is 1. The zero-order chi connectivity index (χ0) is 16.7. The number of aromatic nitrogens is 4. The van der Waals surface area contributed by atoms with Gasteiger partial charge < -0.3 is 14.0 Å². The summed E-state index contributed by atoms with van der Waals surface area (Å²) in [6, 6.07) is 7.52. The molecule has 0 radical (unpaired) electrons. The first kappa shape index (κ1) is 14.6. The van der Waals surface area contributed by atoms with E-state index in [9.17, 15) is 9.18 Å². The average molecular weight is 327 g/mol. The summed E-state index contributed by atoms with van der Waals surface area (Å²) in [6.45, 7) is 3.44. The van der Waals surface area contributed by atoms with Gasteiger partial charge in [-0.05, 0) is 19.1 Å². The zero-order valence-electron chi connectivity index (χ0n) is 12.9. The maximum atomic E-state index is 13.3. The van der Waals surface area contributed by atoms with Gasteiger partial charge in [0.15, 0.2) is 5.82 Å². The molecule has 4 rings (SSSR count). The summed E-state index contributed by atoms with van der Waals surface area (Å²) in [5.74, 6) is 1.08. The van der Waals surface area contributed by atoms with Crippen LogP contribution in [0.2, 0.25) is 0 Å². The number of carbonyl (C=O) groups is 1. The van der Waals surface area contributed by atoms with E-state index in [-0.39, 0.29) is 17.5 Å². The third-order valence-electron chi connectivity index (χ3n) is 4.07. The molecule has 0 fully saturated rings. The van der Waals surface area contributed by atoms with Crippen LogP contribution in [0.3, 0.4) is 0 Å². The highest BCUT2D eigenvalue weighted by atomic mass is 19.1. The number of fused-ring (bicyclic) bond motifs is 1. The van der Waals surface area contributed by atoms with Crippen molar-refractivity contribution in [1.29, 1.82) is 0 Å². The van der Waals surface area contributed by atoms with Crippen molar-refractivity contribution in [2.24, 2.45) is 0 Å². The van der Waals surface area contributed by atoms with Gasteiger partial charge in [0.05, 0.1) is 6.54 Å². The molecule has 2 aromatic heterocycles. The van der Waals surface area contributed by atoms with Crippen molar-refractivity contribution in [2.75, 3.05) is 6.54 Å². The normalized spacial score (nSPS) is 13.8. The molecule has 0 spiro atoms. The molecule has 7 nitrogen and oxygen atoms in total. The van der Waals surface area contributed by atoms with Crippen LogP contribution in [0, 0.1) is 12.7 Å². The lowest BCUT2D eigenvalue weighted by Gasteiger charge is -2.26. The summed E-state index contributed by atoms with van der Waals surface area (Å²) >= 11 is 0. The summed E-state index contributed by atoms with van der Waals surface area (Å²) in [5.41, 5.74) is 0.987. The molecule has 1 aliphatic heterocycles. The molecule has 1 aromatic carbocycles. The molecule has 1 aliphatic rings. The smallest absolute Gasteiger partial charge is 0.292 e. The predicted octanol–water partition coefficient (Wildman–Crippen LogP) is 2.04. The number of benzene rings is 1. The number of hydrogen-bond acceptors (Lipinski definition) is 5. The molecule has 0 unspecified atom stereocenters. The van der Waals surface area contributed by atoms with Crippen LogP contribution in [0.5, 0.6) is 0 Å². The number of hydrogen-bond donors (Lipinski definition) is 0. The van der Waals surface area contributed by atoms with Crippen LogP contribution in [-0.4, -0.2) is 37.3 Å². The number of carbonyl (C=O) groups excluding carboxylic acids is 1. The molecular formula is C16H14FN5O2. The molecular weight excluding hydrogens is 313 g/mol. The van der Waals surface area contributed by atoms with E-state index in [1.165, 1.54) is 18.2 Å². The van der Waals surface area contributed by atoms with E-state index in [0.29, 0.717) is 30.9 Å². The van der Waals surface area contributed by atoms with Crippen LogP contribution in [0.1, 0.15) is 22.2 Å². The van der Waals surface area contributed by atoms with Gasteiger partial charge in [-0.2, -0.15) is 0 Å². The van der Waals surface area contributed by atoms with Crippen LogP contribution in [0.25, 0.3) is 11.3 Å². The molecule has 1 amide bonds. The quantitative estimate of drug-likeness (QED) is 0.720. The highest BCUT2D eigenvalue weighted by molar-refractivity contribution is 5.92. The van der Waals surface area contributed by atoms with Crippen molar-refractivity contribution in [3.05, 3.63) is 53.6 Å². The lowest BCUT2D eigenvalue weighted by molar-refractivity contribution is 0.0664. The van der Waals surface area contributed by atoms with Gasteiger partial charge in [0, 0.05) is 24.7 Å². The summed E-state index contributed by atoms with van der Waals surface area (Å²) in [7, 11) is 0. The topological polar surface area (TPSA) is 77.1 Å². The van der Waals surface area contributed by atoms with E-state index in [2.05, 4.69) is 15.4 Å². The number of nitrogens with zero attached hydrogens (tertiary/aromatic N) is 5. The van der Waals surface area contributed by atoms with Gasteiger partial charge in [-0.25, -0.2) is 4.39 Å². The van der Waals surface area contributed by atoms with Crippen LogP contribution in [-0.2, 0) is 13.1 Å². The standard InChI is InChI=1S/C16H14FN5O2/c1-10-18-19-15-9-21(5-6-22(10)15)16(23)14-8-13(20-24-14)11-3-2-4-12(17)7-11/h2-4,7-8H,5-6,9H2,1H3. The van der Waals surface area contributed by atoms with Crippen molar-refractivity contribution in [3.8, 4) is 11.3 Å². The van der Waals surface area contributed by atoms with E-state index >= 15 is 0 Å². The van der Waals surface area contributed by atoms with Gasteiger partial charge in [-0.1, -0.05) is 17.3 Å². The van der Waals surface area contributed by atoms with E-state index in [4.69, 9.17) is 4.52 Å². The van der Waals surface area contributed by atoms with Crippen LogP contribution in [0.15, 0.2) is 34.9 Å². The number of amides is 1. The fourth-order valence-corrected chi connectivity index (χ4v) is 2.79. The Labute approximate surface area is 136 Å². The van der Waals surface area contributed by atoms with Crippen molar-refractivity contribution < 1.29 is 13.7 Å². The Bertz CT molecular complexity index is 917. The molecule has 24 heavy (non-hydrogen) atoms. The molecule has 0 N–H and O–H groups in total. The highest BCUT2D eigenvalue weighted by Crippen LogP contribution is 2.22. The molecule has 8 heteroatoms. The largest absolute Gasteiger partial charge is 0.350 e. The molecule has 3 heterocycles. The second-order valence-corrected chi connectivity index (χ2v) is 5.63. The average Bonchev–Trinajstić information content (AvgIpc) is 3.21. The minimum atomic E-state index is -0.367. The van der Waals surface area contributed by atoms with Gasteiger partial charge in [0.25, 0.3) is 5.91 Å². The zero-order valence-corrected chi connectivity index (χ0v) is 12.9. The Kier molecular flexibility index (Phi) is 3.37. The van der Waals surface area contributed by atoms with Crippen molar-refractivity contribution in [3.63, 3.8) is 0 Å². The van der Waals surface area contributed by atoms with Gasteiger partial charge >= 0.3 is 0 Å². The van der Waals surface area contributed by atoms with Crippen molar-refractivity contribution >= 4 is 5.91 Å². The highest BCUT2D eigenvalue weighted by Gasteiger charge is 2.26. The fraction of sp³-hybridized carbons (Fsp3) is 0.250. The summed E-state index contributed by atoms with van der Waals surface area (Å²) in [5, 5.41) is 12.0. The van der Waals surface area contributed by atoms with Gasteiger partial charge in [-0.3, -0.25) is 4.79 Å². The predicted molar refractivity (Wildman–Crippen MR) is 81.4 cm³/mol. The fourth-order valence-electron chi connectivity index (χ4n) is 2.79. The molecule has 0 saturated carbocycles. The number of halogens is 1.